The molecule has 2 rings (SSSR count). The van der Waals surface area contributed by atoms with E-state index in [0.717, 1.165) is 13.1 Å². The molecule has 0 radical (unpaired) electrons. The number of thiophene rings is 1. The maximum atomic E-state index is 3.69. The SMILES string of the molecule is CCCC1CN(Cc2ccc(Br)s2)C(CC)CN1. The van der Waals surface area contributed by atoms with E-state index >= 15 is 0 Å². The molecule has 1 aliphatic heterocycles. The van der Waals surface area contributed by atoms with Crippen molar-refractivity contribution in [3.63, 3.8) is 0 Å². The molecular weight excluding hydrogens is 308 g/mol. The van der Waals surface area contributed by atoms with Crippen LogP contribution in [0, 0.1) is 0 Å². The van der Waals surface area contributed by atoms with E-state index in [1.54, 1.807) is 0 Å². The van der Waals surface area contributed by atoms with Crippen molar-refractivity contribution in [3.8, 4) is 0 Å². The Morgan fingerprint density at radius 2 is 2.28 bits per heavy atom. The van der Waals surface area contributed by atoms with Gasteiger partial charge >= 0.3 is 0 Å². The van der Waals surface area contributed by atoms with E-state index in [2.05, 4.69) is 52.1 Å². The lowest BCUT2D eigenvalue weighted by Gasteiger charge is -2.40. The van der Waals surface area contributed by atoms with E-state index in [4.69, 9.17) is 0 Å². The van der Waals surface area contributed by atoms with Gasteiger partial charge in [0.2, 0.25) is 0 Å². The van der Waals surface area contributed by atoms with Gasteiger partial charge in [-0.2, -0.15) is 0 Å². The van der Waals surface area contributed by atoms with Crippen molar-refractivity contribution in [2.24, 2.45) is 0 Å². The van der Waals surface area contributed by atoms with Crippen molar-refractivity contribution in [2.75, 3.05) is 13.1 Å². The fraction of sp³-hybridized carbons (Fsp3) is 0.714. The monoisotopic (exact) mass is 330 g/mol. The van der Waals surface area contributed by atoms with Crippen LogP contribution in [0.25, 0.3) is 0 Å². The summed E-state index contributed by atoms with van der Waals surface area (Å²) in [5, 5.41) is 3.69. The first kappa shape index (κ1) is 14.5. The molecule has 4 heteroatoms. The largest absolute Gasteiger partial charge is 0.311 e. The maximum absolute atomic E-state index is 3.69. The summed E-state index contributed by atoms with van der Waals surface area (Å²) >= 11 is 5.42. The summed E-state index contributed by atoms with van der Waals surface area (Å²) in [5.74, 6) is 0. The van der Waals surface area contributed by atoms with Crippen molar-refractivity contribution in [2.45, 2.75) is 51.7 Å². The van der Waals surface area contributed by atoms with Gasteiger partial charge in [-0.3, -0.25) is 4.90 Å². The summed E-state index contributed by atoms with van der Waals surface area (Å²) < 4.78 is 1.24. The second-order valence-corrected chi connectivity index (χ2v) is 7.64. The van der Waals surface area contributed by atoms with Crippen molar-refractivity contribution in [1.82, 2.24) is 10.2 Å². The molecule has 1 aromatic rings. The Morgan fingerprint density at radius 1 is 1.44 bits per heavy atom. The molecule has 2 unspecified atom stereocenters. The van der Waals surface area contributed by atoms with Gasteiger partial charge in [0.1, 0.15) is 0 Å². The van der Waals surface area contributed by atoms with Crippen molar-refractivity contribution in [3.05, 3.63) is 20.8 Å². The second-order valence-electron chi connectivity index (χ2n) is 5.09. The molecule has 1 aromatic heterocycles. The standard InChI is InChI=1S/C14H23BrN2S/c1-3-5-11-9-17(12(4-2)8-16-11)10-13-6-7-14(15)18-13/h6-7,11-12,16H,3-5,8-10H2,1-2H3. The summed E-state index contributed by atoms with van der Waals surface area (Å²) in [6.07, 6.45) is 3.80. The maximum Gasteiger partial charge on any atom is 0.0701 e. The van der Waals surface area contributed by atoms with Gasteiger partial charge in [-0.1, -0.05) is 20.3 Å². The molecule has 2 atom stereocenters. The minimum Gasteiger partial charge on any atom is -0.311 e. The molecule has 2 heterocycles. The molecule has 0 aromatic carbocycles. The number of piperazine rings is 1. The minimum atomic E-state index is 0.682. The quantitative estimate of drug-likeness (QED) is 0.881. The van der Waals surface area contributed by atoms with Crippen LogP contribution in [0.4, 0.5) is 0 Å². The Kier molecular flexibility index (Phi) is 5.67. The van der Waals surface area contributed by atoms with Gasteiger partial charge in [0.25, 0.3) is 0 Å². The lowest BCUT2D eigenvalue weighted by atomic mass is 10.0. The average Bonchev–Trinajstić information content (AvgIpc) is 2.76. The Hall–Kier alpha value is 0.1000. The molecule has 1 fully saturated rings. The zero-order valence-corrected chi connectivity index (χ0v) is 13.7. The lowest BCUT2D eigenvalue weighted by molar-refractivity contribution is 0.117. The molecule has 0 amide bonds. The highest BCUT2D eigenvalue weighted by atomic mass is 79.9. The van der Waals surface area contributed by atoms with Crippen LogP contribution >= 0.6 is 27.3 Å². The van der Waals surface area contributed by atoms with Crippen LogP contribution in [0.2, 0.25) is 0 Å². The van der Waals surface area contributed by atoms with E-state index < -0.39 is 0 Å². The highest BCUT2D eigenvalue weighted by molar-refractivity contribution is 9.11. The molecule has 0 spiro atoms. The number of hydrogen-bond donors (Lipinski definition) is 1. The zero-order chi connectivity index (χ0) is 13.0. The number of nitrogens with zero attached hydrogens (tertiary/aromatic N) is 1. The van der Waals surface area contributed by atoms with Crippen LogP contribution in [-0.4, -0.2) is 30.1 Å². The third-order valence-corrected chi connectivity index (χ3v) is 5.32. The van der Waals surface area contributed by atoms with E-state index in [0.29, 0.717) is 12.1 Å². The van der Waals surface area contributed by atoms with Gasteiger partial charge in [0.15, 0.2) is 0 Å². The molecule has 102 valence electrons. The Labute approximate surface area is 123 Å². The predicted molar refractivity (Wildman–Crippen MR) is 83.2 cm³/mol. The summed E-state index contributed by atoms with van der Waals surface area (Å²) in [6, 6.07) is 5.78. The van der Waals surface area contributed by atoms with Crippen LogP contribution < -0.4 is 5.32 Å². The lowest BCUT2D eigenvalue weighted by Crippen LogP contribution is -2.55. The summed E-state index contributed by atoms with van der Waals surface area (Å²) in [7, 11) is 0. The molecule has 1 N–H and O–H groups in total. The normalized spacial score (nSPS) is 25.5. The van der Waals surface area contributed by atoms with Gasteiger partial charge < -0.3 is 5.32 Å². The Bertz CT molecular complexity index is 366. The molecule has 0 saturated carbocycles. The number of rotatable bonds is 5. The molecule has 18 heavy (non-hydrogen) atoms. The second kappa shape index (κ2) is 7.04. The van der Waals surface area contributed by atoms with Crippen LogP contribution in [0.5, 0.6) is 0 Å². The molecule has 1 saturated heterocycles. The van der Waals surface area contributed by atoms with Gasteiger partial charge in [0, 0.05) is 36.6 Å². The van der Waals surface area contributed by atoms with Crippen molar-refractivity contribution < 1.29 is 0 Å². The van der Waals surface area contributed by atoms with Crippen LogP contribution in [-0.2, 0) is 6.54 Å². The first-order valence-corrected chi connectivity index (χ1v) is 8.55. The molecule has 2 nitrogen and oxygen atoms in total. The van der Waals surface area contributed by atoms with E-state index in [-0.39, 0.29) is 0 Å². The average molecular weight is 331 g/mol. The fourth-order valence-corrected chi connectivity index (χ4v) is 4.21. The van der Waals surface area contributed by atoms with Crippen LogP contribution in [0.15, 0.2) is 15.9 Å². The van der Waals surface area contributed by atoms with Gasteiger partial charge in [-0.25, -0.2) is 0 Å². The molecule has 0 aliphatic carbocycles. The smallest absolute Gasteiger partial charge is 0.0701 e. The molecule has 0 bridgehead atoms. The van der Waals surface area contributed by atoms with Crippen LogP contribution in [0.3, 0.4) is 0 Å². The summed E-state index contributed by atoms with van der Waals surface area (Å²) in [6.45, 7) is 8.02. The molecule has 1 aliphatic rings. The number of nitrogens with one attached hydrogen (secondary N) is 1. The van der Waals surface area contributed by atoms with Gasteiger partial charge in [-0.05, 0) is 40.9 Å². The fourth-order valence-electron chi connectivity index (χ4n) is 2.70. The third-order valence-electron chi connectivity index (χ3n) is 3.71. The third kappa shape index (κ3) is 3.80. The predicted octanol–water partition coefficient (Wildman–Crippen LogP) is 3.86. The molecular formula is C14H23BrN2S. The first-order chi connectivity index (χ1) is 8.72. The van der Waals surface area contributed by atoms with E-state index in [1.165, 1.54) is 34.5 Å². The zero-order valence-electron chi connectivity index (χ0n) is 11.3. The van der Waals surface area contributed by atoms with Gasteiger partial charge in [-0.15, -0.1) is 11.3 Å². The van der Waals surface area contributed by atoms with Crippen LogP contribution in [0.1, 0.15) is 38.0 Å². The first-order valence-electron chi connectivity index (χ1n) is 6.94. The van der Waals surface area contributed by atoms with E-state index in [1.807, 2.05) is 11.3 Å². The van der Waals surface area contributed by atoms with Crippen molar-refractivity contribution >= 4 is 27.3 Å². The van der Waals surface area contributed by atoms with Gasteiger partial charge in [0.05, 0.1) is 3.79 Å². The Balaban J connectivity index is 1.97. The van der Waals surface area contributed by atoms with Crippen molar-refractivity contribution in [1.29, 1.82) is 0 Å². The number of hydrogen-bond acceptors (Lipinski definition) is 3. The Morgan fingerprint density at radius 3 is 2.89 bits per heavy atom. The topological polar surface area (TPSA) is 15.3 Å². The highest BCUT2D eigenvalue weighted by Crippen LogP contribution is 2.25. The summed E-state index contributed by atoms with van der Waals surface area (Å²) in [4.78, 5) is 4.13. The number of halogens is 1. The summed E-state index contributed by atoms with van der Waals surface area (Å²) in [5.41, 5.74) is 0. The minimum absolute atomic E-state index is 0.682. The van der Waals surface area contributed by atoms with E-state index in [9.17, 15) is 0 Å². The highest BCUT2D eigenvalue weighted by Gasteiger charge is 2.26.